The van der Waals surface area contributed by atoms with Gasteiger partial charge in [0.15, 0.2) is 17.5 Å². The average Bonchev–Trinajstić information content (AvgIpc) is 2.59. The third kappa shape index (κ3) is 9.99. The zero-order valence-electron chi connectivity index (χ0n) is 13.2. The van der Waals surface area contributed by atoms with Gasteiger partial charge in [-0.1, -0.05) is 0 Å². The summed E-state index contributed by atoms with van der Waals surface area (Å²) in [5.41, 5.74) is -0.910. The molecule has 0 spiro atoms. The Kier molecular flexibility index (Phi) is 16.8. The van der Waals surface area contributed by atoms with E-state index in [1.165, 1.54) is 5.34 Å². The largest absolute Gasteiger partial charge is 1.00 e. The number of nitrogens with zero attached hydrogens (tertiary/aromatic N) is 2. The van der Waals surface area contributed by atoms with Crippen LogP contribution in [0.5, 0.6) is 0 Å². The molecule has 0 aromatic heterocycles. The van der Waals surface area contributed by atoms with Gasteiger partial charge in [-0.2, -0.15) is 4.39 Å². The van der Waals surface area contributed by atoms with Gasteiger partial charge in [0, 0.05) is 13.4 Å². The summed E-state index contributed by atoms with van der Waals surface area (Å²) < 4.78 is 51.1. The van der Waals surface area contributed by atoms with Gasteiger partial charge in [-0.25, -0.2) is 13.2 Å². The minimum Gasteiger partial charge on any atom is -0.635 e. The molecule has 7 nitrogen and oxygen atoms in total. The molecule has 0 unspecified atom stereocenters. The molecule has 0 heterocycles. The number of benzene rings is 2. The zero-order chi connectivity index (χ0) is 21.3. The summed E-state index contributed by atoms with van der Waals surface area (Å²) in [4.78, 5) is 20.1. The minimum absolute atomic E-state index is 0. The molecular weight excluding hydrogens is 687 g/mol. The minimum atomic E-state index is -1.47. The Morgan fingerprint density at radius 2 is 1.25 bits per heavy atom. The van der Waals surface area contributed by atoms with E-state index in [1.807, 2.05) is 0 Å². The van der Waals surface area contributed by atoms with Gasteiger partial charge in [0.05, 0.1) is 4.92 Å². The van der Waals surface area contributed by atoms with Gasteiger partial charge in [0.1, 0.15) is 9.81 Å². The Morgan fingerprint density at radius 1 is 0.893 bits per heavy atom. The first-order valence-corrected chi connectivity index (χ1v) is 9.04. The summed E-state index contributed by atoms with van der Waals surface area (Å²) in [5, 5.41) is 20.0. The number of nitro groups is 1. The van der Waals surface area contributed by atoms with Crippen molar-refractivity contribution in [3.8, 4) is 0 Å². The molecule has 16 heteroatoms. The van der Waals surface area contributed by atoms with E-state index >= 15 is 0 Å². The number of nitro benzene ring substituents is 1. The Labute approximate surface area is 230 Å². The summed E-state index contributed by atoms with van der Waals surface area (Å²) >= 11 is 11.7. The molecule has 0 bridgehead atoms. The topological polar surface area (TPSA) is 105 Å². The Hall–Kier alpha value is 0.476. The molecule has 0 radical (unpaired) electrons. The second-order valence-corrected chi connectivity index (χ2v) is 7.26. The van der Waals surface area contributed by atoms with Crippen LogP contribution in [0.2, 0.25) is 0 Å². The van der Waals surface area contributed by atoms with Crippen LogP contribution < -0.4 is 56.6 Å². The van der Waals surface area contributed by atoms with Crippen molar-refractivity contribution in [2.24, 2.45) is 5.34 Å². The van der Waals surface area contributed by atoms with Crippen molar-refractivity contribution < 1.29 is 84.1 Å². The van der Waals surface area contributed by atoms with Crippen LogP contribution in [0.1, 0.15) is 0 Å². The van der Waals surface area contributed by atoms with Gasteiger partial charge in [-0.05, 0) is 81.9 Å². The van der Waals surface area contributed by atoms with Gasteiger partial charge in [-0.15, -0.1) is 4.91 Å². The van der Waals surface area contributed by atoms with E-state index in [0.29, 0.717) is 8.95 Å². The first-order valence-electron chi connectivity index (χ1n) is 5.86. The van der Waals surface area contributed by atoms with Crippen LogP contribution >= 0.6 is 63.7 Å². The predicted octanol–water partition coefficient (Wildman–Crippen LogP) is 2.85. The van der Waals surface area contributed by atoms with Crippen molar-refractivity contribution in [2.45, 2.75) is 0 Å². The molecule has 2 rings (SSSR count). The van der Waals surface area contributed by atoms with Crippen LogP contribution in [-0.4, -0.2) is 4.92 Å². The molecule has 0 fully saturated rings. The number of halogens is 8. The van der Waals surface area contributed by atoms with Crippen molar-refractivity contribution in [2.75, 3.05) is 0 Å². The molecule has 0 aliphatic carbocycles. The number of hydrogen-bond acceptors (Lipinski definition) is 6. The molecule has 148 valence electrons. The molecule has 0 atom stereocenters. The monoisotopic (exact) mass is 686 g/mol. The first kappa shape index (κ1) is 30.7. The van der Waals surface area contributed by atoms with Crippen LogP contribution in [0.4, 0.5) is 23.2 Å². The molecule has 0 amide bonds. The van der Waals surface area contributed by atoms with Crippen molar-refractivity contribution in [1.29, 1.82) is 0 Å². The zero-order valence-corrected chi connectivity index (χ0v) is 22.7. The molecule has 2 aromatic rings. The first-order chi connectivity index (χ1) is 12.5. The number of hydrogen-bond donors (Lipinski definition) is 0. The van der Waals surface area contributed by atoms with Crippen LogP contribution in [0.25, 0.3) is 0 Å². The van der Waals surface area contributed by atoms with Crippen molar-refractivity contribution >= 4 is 69.4 Å². The van der Waals surface area contributed by atoms with Crippen molar-refractivity contribution in [1.82, 2.24) is 0 Å². The molecular formula is C12H3Br4F4KN2O5. The molecule has 0 saturated heterocycles. The summed E-state index contributed by atoms with van der Waals surface area (Å²) in [5.74, 6) is -4.44. The van der Waals surface area contributed by atoms with Crippen LogP contribution in [-0.2, 0) is 4.99 Å². The Balaban J connectivity index is 0. The second kappa shape index (κ2) is 15.3. The fraction of sp³-hybridized carbons (Fsp3) is 0. The third-order valence-corrected chi connectivity index (χ3v) is 6.07. The maximum absolute atomic E-state index is 12.8. The average molecular weight is 690 g/mol. The van der Waals surface area contributed by atoms with E-state index in [0.717, 1.165) is 18.2 Å². The molecule has 0 aliphatic rings. The van der Waals surface area contributed by atoms with E-state index in [2.05, 4.69) is 68.7 Å². The fourth-order valence-electron chi connectivity index (χ4n) is 1.22. The van der Waals surface area contributed by atoms with E-state index in [-0.39, 0.29) is 60.3 Å². The van der Waals surface area contributed by atoms with Crippen LogP contribution in [0.15, 0.2) is 41.4 Å². The van der Waals surface area contributed by atoms with Gasteiger partial charge in [0.25, 0.3) is 0 Å². The molecule has 28 heavy (non-hydrogen) atoms. The fourth-order valence-corrected chi connectivity index (χ4v) is 2.67. The summed E-state index contributed by atoms with van der Waals surface area (Å²) in [6.45, 7) is 0. The maximum Gasteiger partial charge on any atom is 1.00 e. The van der Waals surface area contributed by atoms with E-state index in [1.54, 1.807) is 0 Å². The Bertz CT molecular complexity index is 774. The summed E-state index contributed by atoms with van der Waals surface area (Å²) in [6.07, 6.45) is 0. The standard InChI is InChI=1S/C6HBr2F2NO2.C6H2Br2F2.K.HNO3/c7-2-1-3(9)5(10)6(4(2)8)11(12)13;7-3-1-5(9)6(10)2-4(3)8;;2-1-4-3/h1H;1-2H;;3H/q;;+1;/p-1. The molecule has 2 aromatic carbocycles. The van der Waals surface area contributed by atoms with Gasteiger partial charge >= 0.3 is 57.1 Å². The second-order valence-electron chi connectivity index (χ2n) is 3.90. The van der Waals surface area contributed by atoms with Gasteiger partial charge in [0.2, 0.25) is 5.82 Å². The molecule has 0 N–H and O–H groups in total. The van der Waals surface area contributed by atoms with Gasteiger partial charge in [-0.3, -0.25) is 10.1 Å². The summed E-state index contributed by atoms with van der Waals surface area (Å²) in [6, 6.07) is 2.95. The van der Waals surface area contributed by atoms with E-state index < -0.39 is 33.9 Å². The van der Waals surface area contributed by atoms with E-state index in [4.69, 9.17) is 10.2 Å². The van der Waals surface area contributed by atoms with Crippen molar-refractivity contribution in [3.05, 3.63) is 74.4 Å². The third-order valence-electron chi connectivity index (χ3n) is 2.26. The number of rotatable bonds is 2. The summed E-state index contributed by atoms with van der Waals surface area (Å²) in [7, 11) is 0. The predicted molar refractivity (Wildman–Crippen MR) is 97.1 cm³/mol. The Morgan fingerprint density at radius 3 is 1.57 bits per heavy atom. The molecule has 0 saturated carbocycles. The normalized spacial score (nSPS) is 9.04. The van der Waals surface area contributed by atoms with Gasteiger partial charge < -0.3 is 10.2 Å². The molecule has 0 aliphatic heterocycles. The van der Waals surface area contributed by atoms with Crippen LogP contribution in [0, 0.1) is 38.3 Å². The van der Waals surface area contributed by atoms with E-state index in [9.17, 15) is 27.7 Å². The smallest absolute Gasteiger partial charge is 0.635 e. The van der Waals surface area contributed by atoms with Crippen molar-refractivity contribution in [3.63, 3.8) is 0 Å². The quantitative estimate of drug-likeness (QED) is 0.0918. The maximum atomic E-state index is 12.8. The van der Waals surface area contributed by atoms with Crippen LogP contribution in [0.3, 0.4) is 0 Å². The SMILES string of the molecule is Fc1cc(Br)c(Br)cc1F.O=NO[O-].O=[N+]([O-])c1c(F)c(F)cc(Br)c1Br.[K+].